The molecule has 3 N–H and O–H groups in total. The zero-order chi connectivity index (χ0) is 18.1. The fourth-order valence-electron chi connectivity index (χ4n) is 2.42. The van der Waals surface area contributed by atoms with Crippen molar-refractivity contribution in [2.24, 2.45) is 5.73 Å². The Morgan fingerprint density at radius 3 is 2.80 bits per heavy atom. The second kappa shape index (κ2) is 7.37. The van der Waals surface area contributed by atoms with E-state index in [1.807, 2.05) is 13.0 Å². The van der Waals surface area contributed by atoms with E-state index in [1.54, 1.807) is 12.1 Å². The van der Waals surface area contributed by atoms with Crippen LogP contribution in [0, 0.1) is 6.92 Å². The van der Waals surface area contributed by atoms with Gasteiger partial charge in [0, 0.05) is 22.6 Å². The highest BCUT2D eigenvalue weighted by atomic mass is 35.5. The van der Waals surface area contributed by atoms with Crippen LogP contribution in [0.5, 0.6) is 0 Å². The van der Waals surface area contributed by atoms with Crippen molar-refractivity contribution >= 4 is 62.4 Å². The number of aromatic nitrogens is 2. The lowest BCUT2D eigenvalue weighted by Gasteiger charge is -2.04. The molecule has 1 aromatic carbocycles. The van der Waals surface area contributed by atoms with Crippen molar-refractivity contribution in [2.75, 3.05) is 5.75 Å². The summed E-state index contributed by atoms with van der Waals surface area (Å²) in [6.45, 7) is 1.93. The largest absolute Gasteiger partial charge is 0.370 e. The number of nitrogens with two attached hydrogens (primary N) is 1. The standard InChI is InChI=1S/C16H13Cl2N3O2S2/c1-7-12(8-2-3-9(17)10(18)6-8)13-14(23)20-16(21-15(13)25-7)24-5-4-11(19)22/h2-3,6H,4-5H2,1H3,(H2,19,22)(H,20,21,23). The molecule has 0 fully saturated rings. The fourth-order valence-corrected chi connectivity index (χ4v) is 4.63. The molecule has 0 spiro atoms. The number of amides is 1. The first-order valence-electron chi connectivity index (χ1n) is 7.26. The summed E-state index contributed by atoms with van der Waals surface area (Å²) in [7, 11) is 0. The molecular weight excluding hydrogens is 401 g/mol. The third-order valence-electron chi connectivity index (χ3n) is 3.51. The maximum atomic E-state index is 12.6. The maximum Gasteiger partial charge on any atom is 0.260 e. The molecule has 2 aromatic heterocycles. The zero-order valence-corrected chi connectivity index (χ0v) is 16.2. The van der Waals surface area contributed by atoms with Gasteiger partial charge in [0.25, 0.3) is 5.56 Å². The third-order valence-corrected chi connectivity index (χ3v) is 6.12. The summed E-state index contributed by atoms with van der Waals surface area (Å²) < 4.78 is 0. The molecule has 0 unspecified atom stereocenters. The van der Waals surface area contributed by atoms with Crippen LogP contribution in [0.15, 0.2) is 28.2 Å². The van der Waals surface area contributed by atoms with Crippen molar-refractivity contribution in [1.82, 2.24) is 9.97 Å². The molecule has 1 amide bonds. The predicted octanol–water partition coefficient (Wildman–Crippen LogP) is 4.23. The first kappa shape index (κ1) is 18.3. The number of aromatic amines is 1. The summed E-state index contributed by atoms with van der Waals surface area (Å²) in [6.07, 6.45) is 0.227. The van der Waals surface area contributed by atoms with Crippen molar-refractivity contribution in [1.29, 1.82) is 0 Å². The van der Waals surface area contributed by atoms with Crippen LogP contribution >= 0.6 is 46.3 Å². The molecule has 0 saturated heterocycles. The van der Waals surface area contributed by atoms with Gasteiger partial charge in [-0.1, -0.05) is 41.0 Å². The summed E-state index contributed by atoms with van der Waals surface area (Å²) in [5.74, 6) is 0.0816. The highest BCUT2D eigenvalue weighted by Gasteiger charge is 2.17. The van der Waals surface area contributed by atoms with Crippen LogP contribution in [-0.2, 0) is 4.79 Å². The minimum Gasteiger partial charge on any atom is -0.370 e. The van der Waals surface area contributed by atoms with Crippen molar-refractivity contribution in [3.05, 3.63) is 43.5 Å². The Hall–Kier alpha value is -1.54. The van der Waals surface area contributed by atoms with E-state index >= 15 is 0 Å². The molecule has 0 saturated carbocycles. The lowest BCUT2D eigenvalue weighted by Crippen LogP contribution is -2.12. The number of thiophene rings is 1. The predicted molar refractivity (Wildman–Crippen MR) is 105 cm³/mol. The number of nitrogens with one attached hydrogen (secondary N) is 1. The van der Waals surface area contributed by atoms with Gasteiger partial charge < -0.3 is 10.7 Å². The Bertz CT molecular complexity index is 1030. The SMILES string of the molecule is Cc1sc2nc(SCCC(N)=O)[nH]c(=O)c2c1-c1ccc(Cl)c(Cl)c1. The van der Waals surface area contributed by atoms with Gasteiger partial charge in [-0.05, 0) is 24.6 Å². The first-order valence-corrected chi connectivity index (χ1v) is 9.82. The van der Waals surface area contributed by atoms with Gasteiger partial charge in [-0.2, -0.15) is 0 Å². The summed E-state index contributed by atoms with van der Waals surface area (Å²) in [5.41, 5.74) is 6.53. The average molecular weight is 414 g/mol. The van der Waals surface area contributed by atoms with Gasteiger partial charge in [0.2, 0.25) is 5.91 Å². The number of fused-ring (bicyclic) bond motifs is 1. The van der Waals surface area contributed by atoms with E-state index in [0.29, 0.717) is 31.2 Å². The normalized spacial score (nSPS) is 11.2. The molecule has 0 bridgehead atoms. The summed E-state index contributed by atoms with van der Waals surface area (Å²) >= 11 is 14.8. The van der Waals surface area contributed by atoms with E-state index in [1.165, 1.54) is 23.1 Å². The van der Waals surface area contributed by atoms with Gasteiger partial charge in [0.1, 0.15) is 4.83 Å². The second-order valence-corrected chi connectivity index (χ2v) is 8.38. The van der Waals surface area contributed by atoms with Crippen LogP contribution in [0.4, 0.5) is 0 Å². The Labute approximate surface area is 161 Å². The van der Waals surface area contributed by atoms with Crippen LogP contribution in [0.25, 0.3) is 21.3 Å². The molecule has 0 radical (unpaired) electrons. The molecule has 0 atom stereocenters. The molecule has 9 heteroatoms. The molecule has 25 heavy (non-hydrogen) atoms. The zero-order valence-electron chi connectivity index (χ0n) is 13.1. The lowest BCUT2D eigenvalue weighted by atomic mass is 10.0. The van der Waals surface area contributed by atoms with Gasteiger partial charge >= 0.3 is 0 Å². The van der Waals surface area contributed by atoms with E-state index < -0.39 is 0 Å². The topological polar surface area (TPSA) is 88.8 Å². The first-order chi connectivity index (χ1) is 11.9. The van der Waals surface area contributed by atoms with Gasteiger partial charge in [0.15, 0.2) is 5.16 Å². The second-order valence-electron chi connectivity index (χ2n) is 5.28. The van der Waals surface area contributed by atoms with Crippen LogP contribution in [-0.4, -0.2) is 21.6 Å². The number of halogens is 2. The monoisotopic (exact) mass is 413 g/mol. The number of H-pyrrole nitrogens is 1. The van der Waals surface area contributed by atoms with E-state index in [4.69, 9.17) is 28.9 Å². The van der Waals surface area contributed by atoms with E-state index in [9.17, 15) is 9.59 Å². The smallest absolute Gasteiger partial charge is 0.260 e. The number of carbonyl (C=O) groups excluding carboxylic acids is 1. The highest BCUT2D eigenvalue weighted by molar-refractivity contribution is 7.99. The third kappa shape index (κ3) is 3.84. The molecule has 2 heterocycles. The number of thioether (sulfide) groups is 1. The number of hydrogen-bond donors (Lipinski definition) is 2. The molecule has 3 aromatic rings. The number of carbonyl (C=O) groups is 1. The van der Waals surface area contributed by atoms with Gasteiger partial charge in [-0.3, -0.25) is 9.59 Å². The minimum atomic E-state index is -0.384. The number of primary amides is 1. The van der Waals surface area contributed by atoms with E-state index in [0.717, 1.165) is 16.0 Å². The molecule has 0 aliphatic carbocycles. The molecule has 5 nitrogen and oxygen atoms in total. The lowest BCUT2D eigenvalue weighted by molar-refractivity contribution is -0.117. The summed E-state index contributed by atoms with van der Waals surface area (Å²) in [6, 6.07) is 5.28. The number of rotatable bonds is 5. The molecule has 130 valence electrons. The number of nitrogens with zero attached hydrogens (tertiary/aromatic N) is 1. The van der Waals surface area contributed by atoms with Gasteiger partial charge in [-0.15, -0.1) is 11.3 Å². The van der Waals surface area contributed by atoms with Gasteiger partial charge in [0.05, 0.1) is 15.4 Å². The van der Waals surface area contributed by atoms with Crippen LogP contribution in [0.3, 0.4) is 0 Å². The van der Waals surface area contributed by atoms with Crippen LogP contribution in [0.2, 0.25) is 10.0 Å². The molecule has 3 rings (SSSR count). The summed E-state index contributed by atoms with van der Waals surface area (Å²) in [5, 5.41) is 1.89. The highest BCUT2D eigenvalue weighted by Crippen LogP contribution is 2.38. The maximum absolute atomic E-state index is 12.6. The van der Waals surface area contributed by atoms with E-state index in [2.05, 4.69) is 9.97 Å². The Kier molecular flexibility index (Phi) is 5.38. The van der Waals surface area contributed by atoms with E-state index in [-0.39, 0.29) is 17.9 Å². The van der Waals surface area contributed by atoms with Crippen molar-refractivity contribution < 1.29 is 4.79 Å². The van der Waals surface area contributed by atoms with Gasteiger partial charge in [-0.25, -0.2) is 4.98 Å². The van der Waals surface area contributed by atoms with Crippen molar-refractivity contribution in [2.45, 2.75) is 18.5 Å². The Morgan fingerprint density at radius 1 is 1.36 bits per heavy atom. The number of aryl methyl sites for hydroxylation is 1. The molecule has 0 aliphatic heterocycles. The van der Waals surface area contributed by atoms with Crippen LogP contribution < -0.4 is 11.3 Å². The minimum absolute atomic E-state index is 0.225. The Morgan fingerprint density at radius 2 is 2.12 bits per heavy atom. The molecule has 0 aliphatic rings. The number of hydrogen-bond acceptors (Lipinski definition) is 5. The fraction of sp³-hybridized carbons (Fsp3) is 0.188. The van der Waals surface area contributed by atoms with Crippen molar-refractivity contribution in [3.63, 3.8) is 0 Å². The quantitative estimate of drug-likeness (QED) is 0.483. The molecular formula is C16H13Cl2N3O2S2. The summed E-state index contributed by atoms with van der Waals surface area (Å²) in [4.78, 5) is 32.3. The average Bonchev–Trinajstić information content (AvgIpc) is 2.86. The van der Waals surface area contributed by atoms with Crippen molar-refractivity contribution in [3.8, 4) is 11.1 Å². The number of benzene rings is 1. The van der Waals surface area contributed by atoms with Crippen LogP contribution in [0.1, 0.15) is 11.3 Å². The Balaban J connectivity index is 2.06.